The first-order valence-corrected chi connectivity index (χ1v) is 20.9. The number of anilines is 1. The van der Waals surface area contributed by atoms with Crippen molar-refractivity contribution in [3.8, 4) is 21.7 Å². The van der Waals surface area contributed by atoms with E-state index in [4.69, 9.17) is 14.2 Å². The average molecular weight is 778 g/mol. The van der Waals surface area contributed by atoms with Crippen molar-refractivity contribution in [2.75, 3.05) is 56.5 Å². The fourth-order valence-electron chi connectivity index (χ4n) is 6.78. The molecule has 0 radical (unpaired) electrons. The number of aromatic nitrogens is 1. The second-order valence-electron chi connectivity index (χ2n) is 13.0. The van der Waals surface area contributed by atoms with Crippen LogP contribution in [-0.4, -0.2) is 90.9 Å². The predicted molar refractivity (Wildman–Crippen MR) is 214 cm³/mol. The molecule has 0 aliphatic heterocycles. The molecular weight excluding hydrogens is 729 g/mol. The maximum Gasteiger partial charge on any atom is 0.366 e. The first-order chi connectivity index (χ1) is 25.9. The highest BCUT2D eigenvalue weighted by Gasteiger charge is 2.29. The molecule has 2 heterocycles. The Morgan fingerprint density at radius 1 is 0.889 bits per heavy atom. The largest absolute Gasteiger partial charge is 0.422 e. The van der Waals surface area contributed by atoms with Gasteiger partial charge in [0.25, 0.3) is 16.0 Å². The summed E-state index contributed by atoms with van der Waals surface area (Å²) < 4.78 is 39.9. The number of amides is 1. The van der Waals surface area contributed by atoms with Crippen LogP contribution in [0, 0.1) is 0 Å². The summed E-state index contributed by atoms with van der Waals surface area (Å²) in [5.41, 5.74) is 2.83. The highest BCUT2D eigenvalue weighted by Crippen LogP contribution is 2.41. The van der Waals surface area contributed by atoms with E-state index in [9.17, 15) is 27.4 Å². The number of thiazole rings is 1. The Labute approximate surface area is 320 Å². The molecule has 3 aromatic carbocycles. The second kappa shape index (κ2) is 17.7. The van der Waals surface area contributed by atoms with E-state index >= 15 is 0 Å². The van der Waals surface area contributed by atoms with Crippen molar-refractivity contribution in [3.63, 3.8) is 0 Å². The van der Waals surface area contributed by atoms with Crippen LogP contribution in [-0.2, 0) is 19.8 Å². The number of hydrogen-bond donors (Lipinski definition) is 1. The highest BCUT2D eigenvalue weighted by atomic mass is 32.2. The molecule has 288 valence electrons. The molecule has 14 heteroatoms. The van der Waals surface area contributed by atoms with Gasteiger partial charge in [0.1, 0.15) is 35.8 Å². The Bertz CT molecular complexity index is 2240. The van der Waals surface area contributed by atoms with Crippen LogP contribution < -0.4 is 10.5 Å². The molecule has 2 aromatic heterocycles. The van der Waals surface area contributed by atoms with Crippen molar-refractivity contribution in [1.82, 2.24) is 9.88 Å². The molecule has 5 rings (SSSR count). The van der Waals surface area contributed by atoms with Crippen LogP contribution >= 0.6 is 11.3 Å². The maximum atomic E-state index is 14.6. The number of rotatable bonds is 18. The third kappa shape index (κ3) is 9.17. The monoisotopic (exact) mass is 777 g/mol. The normalized spacial score (nSPS) is 12.0. The van der Waals surface area contributed by atoms with E-state index in [-0.39, 0.29) is 48.1 Å². The van der Waals surface area contributed by atoms with Gasteiger partial charge in [0.15, 0.2) is 0 Å². The molecule has 54 heavy (non-hydrogen) atoms. The van der Waals surface area contributed by atoms with Gasteiger partial charge >= 0.3 is 11.6 Å². The molecule has 1 N–H and O–H groups in total. The summed E-state index contributed by atoms with van der Waals surface area (Å²) in [4.78, 5) is 56.0. The minimum absolute atomic E-state index is 0.00345. The standard InChI is InChI=1S/C40H48N4O8S2/c1-6-42(7-2)28-22-23-31-33(27-28)51-40(47)37(38-41-32-19-13-14-20-34(32)53-38)36(31)29-17-11-12-18-30(29)39(46)43(25-16-26-54(48,49)50)24-15-21-35(45)52-44(8-3,9-4)10-5/h11-14,17-20,22-23,27H,6-10,15-16,21,24-26H2,1-5H3/p+1. The van der Waals surface area contributed by atoms with Gasteiger partial charge in [-0.2, -0.15) is 8.42 Å². The van der Waals surface area contributed by atoms with Crippen molar-refractivity contribution in [3.05, 3.63) is 82.7 Å². The minimum Gasteiger partial charge on any atom is -0.422 e. The summed E-state index contributed by atoms with van der Waals surface area (Å²) >= 11 is 1.35. The molecule has 0 unspecified atom stereocenters. The Balaban J connectivity index is 1.61. The van der Waals surface area contributed by atoms with Crippen molar-refractivity contribution < 1.29 is 36.5 Å². The number of benzene rings is 3. The molecule has 1 amide bonds. The maximum absolute atomic E-state index is 14.6. The molecule has 0 fully saturated rings. The van der Waals surface area contributed by atoms with E-state index in [1.54, 1.807) is 24.3 Å². The van der Waals surface area contributed by atoms with Crippen LogP contribution in [0.25, 0.3) is 42.9 Å². The van der Waals surface area contributed by atoms with Crippen LogP contribution in [0.15, 0.2) is 75.9 Å². The van der Waals surface area contributed by atoms with Crippen LogP contribution in [0.4, 0.5) is 5.69 Å². The molecule has 0 atom stereocenters. The average Bonchev–Trinajstić information content (AvgIpc) is 3.59. The van der Waals surface area contributed by atoms with Gasteiger partial charge in [-0.05, 0) is 83.4 Å². The van der Waals surface area contributed by atoms with Crippen molar-refractivity contribution in [2.45, 2.75) is 53.9 Å². The minimum atomic E-state index is -4.28. The SMILES string of the molecule is CCN(CC)c1ccc2c(-c3ccccc3C(=O)N(CCCC(=O)O[N+](CC)(CC)CC)CCCS(=O)(=O)O)c(-c3nc4ccccc4s3)c(=O)oc2c1. The van der Waals surface area contributed by atoms with Crippen LogP contribution in [0.2, 0.25) is 0 Å². The van der Waals surface area contributed by atoms with Crippen molar-refractivity contribution in [1.29, 1.82) is 0 Å². The molecule has 0 saturated heterocycles. The van der Waals surface area contributed by atoms with E-state index < -0.39 is 33.4 Å². The Morgan fingerprint density at radius 3 is 2.22 bits per heavy atom. The smallest absolute Gasteiger partial charge is 0.366 e. The molecule has 0 aliphatic rings. The number of carbonyl (C=O) groups is 2. The van der Waals surface area contributed by atoms with Gasteiger partial charge in [-0.1, -0.05) is 30.3 Å². The number of nitrogens with zero attached hydrogens (tertiary/aromatic N) is 4. The highest BCUT2D eigenvalue weighted by molar-refractivity contribution is 7.85. The third-order valence-corrected chi connectivity index (χ3v) is 11.8. The molecule has 12 nitrogen and oxygen atoms in total. The second-order valence-corrected chi connectivity index (χ2v) is 15.6. The number of carbonyl (C=O) groups excluding carboxylic acids is 2. The summed E-state index contributed by atoms with van der Waals surface area (Å²) in [5.74, 6) is -1.35. The van der Waals surface area contributed by atoms with Gasteiger partial charge < -0.3 is 14.2 Å². The quantitative estimate of drug-likeness (QED) is 0.0413. The fraction of sp³-hybridized carbons (Fsp3) is 0.400. The third-order valence-electron chi connectivity index (χ3n) is 9.91. The summed E-state index contributed by atoms with van der Waals surface area (Å²) in [6.45, 7) is 13.5. The van der Waals surface area contributed by atoms with E-state index in [0.29, 0.717) is 46.7 Å². The fourth-order valence-corrected chi connectivity index (χ4v) is 8.28. The number of hydroxylamine groups is 3. The number of fused-ring (bicyclic) bond motifs is 2. The zero-order valence-electron chi connectivity index (χ0n) is 31.5. The van der Waals surface area contributed by atoms with Gasteiger partial charge in [0.05, 0.1) is 22.4 Å². The molecule has 0 aliphatic carbocycles. The molecule has 5 aromatic rings. The van der Waals surface area contributed by atoms with E-state index in [1.165, 1.54) is 16.2 Å². The lowest BCUT2D eigenvalue weighted by Crippen LogP contribution is -2.48. The first kappa shape index (κ1) is 40.6. The number of quaternary nitrogens is 1. The topological polar surface area (TPSA) is 147 Å². The Hall–Kier alpha value is -4.63. The van der Waals surface area contributed by atoms with Crippen molar-refractivity contribution >= 4 is 60.2 Å². The molecule has 0 bridgehead atoms. The Kier molecular flexibility index (Phi) is 13.3. The predicted octanol–water partition coefficient (Wildman–Crippen LogP) is 7.42. The van der Waals surface area contributed by atoms with E-state index in [1.807, 2.05) is 77.1 Å². The molecular formula is C40H49N4O8S2+. The lowest BCUT2D eigenvalue weighted by atomic mass is 9.92. The van der Waals surface area contributed by atoms with Gasteiger partial charge in [-0.15, -0.1) is 16.0 Å². The van der Waals surface area contributed by atoms with Gasteiger partial charge in [0, 0.05) is 54.4 Å². The van der Waals surface area contributed by atoms with Gasteiger partial charge in [-0.3, -0.25) is 14.2 Å². The zero-order chi connectivity index (χ0) is 39.0. The van der Waals surface area contributed by atoms with Gasteiger partial charge in [-0.25, -0.2) is 14.6 Å². The number of hydrogen-bond acceptors (Lipinski definition) is 10. The van der Waals surface area contributed by atoms with Crippen LogP contribution in [0.5, 0.6) is 0 Å². The molecule has 0 saturated carbocycles. The van der Waals surface area contributed by atoms with E-state index in [2.05, 4.69) is 4.90 Å². The summed E-state index contributed by atoms with van der Waals surface area (Å²) in [6, 6.07) is 20.3. The lowest BCUT2D eigenvalue weighted by molar-refractivity contribution is -1.09. The van der Waals surface area contributed by atoms with Gasteiger partial charge in [0.2, 0.25) is 0 Å². The first-order valence-electron chi connectivity index (χ1n) is 18.5. The molecule has 0 spiro atoms. The summed E-state index contributed by atoms with van der Waals surface area (Å²) in [5, 5.41) is 1.06. The van der Waals surface area contributed by atoms with Crippen LogP contribution in [0.1, 0.15) is 64.2 Å². The van der Waals surface area contributed by atoms with Crippen LogP contribution in [0.3, 0.4) is 0 Å². The summed E-state index contributed by atoms with van der Waals surface area (Å²) in [7, 11) is -4.28. The van der Waals surface area contributed by atoms with Crippen molar-refractivity contribution in [2.24, 2.45) is 0 Å². The summed E-state index contributed by atoms with van der Waals surface area (Å²) in [6.07, 6.45) is 0.283. The van der Waals surface area contributed by atoms with E-state index in [0.717, 1.165) is 29.0 Å². The zero-order valence-corrected chi connectivity index (χ0v) is 33.2. The Morgan fingerprint density at radius 2 is 1.56 bits per heavy atom. The number of para-hydroxylation sites is 1. The lowest BCUT2D eigenvalue weighted by Gasteiger charge is -2.31.